The fourth-order valence-corrected chi connectivity index (χ4v) is 3.66. The monoisotopic (exact) mass is 209 g/mol. The Morgan fingerprint density at radius 3 is 2.53 bits per heavy atom. The highest BCUT2D eigenvalue weighted by Crippen LogP contribution is 2.27. The molecule has 3 atom stereocenters. The fourth-order valence-electron chi connectivity index (χ4n) is 3.66. The topological polar surface area (TPSA) is 27.3 Å². The Kier molecular flexibility index (Phi) is 2.95. The zero-order valence-electron chi connectivity index (χ0n) is 9.54. The van der Waals surface area contributed by atoms with E-state index in [4.69, 9.17) is 0 Å². The molecule has 15 heavy (non-hydrogen) atoms. The van der Waals surface area contributed by atoms with E-state index in [-0.39, 0.29) is 0 Å². The van der Waals surface area contributed by atoms with Crippen molar-refractivity contribution in [3.8, 4) is 0 Å². The molecule has 0 aromatic heterocycles. The van der Waals surface area contributed by atoms with E-state index >= 15 is 0 Å². The Morgan fingerprint density at radius 2 is 1.67 bits per heavy atom. The summed E-state index contributed by atoms with van der Waals surface area (Å²) in [6.45, 7) is 5.00. The first-order valence-electron chi connectivity index (χ1n) is 6.66. The molecule has 0 bridgehead atoms. The molecule has 3 aliphatic rings. The Balaban J connectivity index is 1.69. The van der Waals surface area contributed by atoms with E-state index in [0.717, 1.165) is 31.2 Å². The predicted octanol–water partition coefficient (Wildman–Crippen LogP) is 0.565. The summed E-state index contributed by atoms with van der Waals surface area (Å²) in [5.74, 6) is 0. The first-order chi connectivity index (χ1) is 7.45. The third kappa shape index (κ3) is 1.93. The van der Waals surface area contributed by atoms with Gasteiger partial charge in [0.2, 0.25) is 0 Å². The maximum absolute atomic E-state index is 3.74. The molecule has 2 saturated heterocycles. The summed E-state index contributed by atoms with van der Waals surface area (Å²) in [5.41, 5.74) is 0. The van der Waals surface area contributed by atoms with Crippen molar-refractivity contribution in [3.63, 3.8) is 0 Å². The van der Waals surface area contributed by atoms with Crippen LogP contribution in [-0.4, -0.2) is 49.2 Å². The summed E-state index contributed by atoms with van der Waals surface area (Å²) >= 11 is 0. The van der Waals surface area contributed by atoms with Gasteiger partial charge in [-0.1, -0.05) is 6.42 Å². The molecular weight excluding hydrogens is 186 g/mol. The van der Waals surface area contributed by atoms with Crippen LogP contribution in [-0.2, 0) is 0 Å². The molecule has 86 valence electrons. The van der Waals surface area contributed by atoms with Crippen LogP contribution in [0.3, 0.4) is 0 Å². The van der Waals surface area contributed by atoms with E-state index in [1.165, 1.54) is 45.2 Å². The van der Waals surface area contributed by atoms with Crippen LogP contribution in [0, 0.1) is 0 Å². The smallest absolute Gasteiger partial charge is 0.0378 e. The summed E-state index contributed by atoms with van der Waals surface area (Å²) < 4.78 is 0. The van der Waals surface area contributed by atoms with Gasteiger partial charge in [0.25, 0.3) is 0 Å². The number of fused-ring (bicyclic) bond motifs is 1. The van der Waals surface area contributed by atoms with Gasteiger partial charge >= 0.3 is 0 Å². The lowest BCUT2D eigenvalue weighted by Gasteiger charge is -2.46. The highest BCUT2D eigenvalue weighted by atomic mass is 15.2. The second-order valence-electron chi connectivity index (χ2n) is 5.28. The summed E-state index contributed by atoms with van der Waals surface area (Å²) in [6.07, 6.45) is 7.04. The normalized spacial score (nSPS) is 42.8. The Morgan fingerprint density at radius 1 is 0.867 bits per heavy atom. The van der Waals surface area contributed by atoms with Crippen LogP contribution < -0.4 is 10.6 Å². The number of nitrogens with zero attached hydrogens (tertiary/aromatic N) is 1. The molecule has 2 heterocycles. The van der Waals surface area contributed by atoms with E-state index in [9.17, 15) is 0 Å². The molecule has 0 aromatic rings. The number of likely N-dealkylation sites (tertiary alicyclic amines) is 1. The minimum atomic E-state index is 0.727. The molecule has 0 amide bonds. The van der Waals surface area contributed by atoms with Crippen molar-refractivity contribution in [1.29, 1.82) is 0 Å². The quantitative estimate of drug-likeness (QED) is 0.661. The molecule has 0 radical (unpaired) electrons. The lowest BCUT2D eigenvalue weighted by atomic mass is 9.84. The van der Waals surface area contributed by atoms with Gasteiger partial charge in [-0.25, -0.2) is 0 Å². The number of hydrogen-bond donors (Lipinski definition) is 2. The number of rotatable bonds is 1. The summed E-state index contributed by atoms with van der Waals surface area (Å²) in [5, 5.41) is 7.43. The standard InChI is InChI=1S/C12H23N3/c1-2-9-15(8-1)11-5-3-4-10-12(11)14-7-6-13-10/h10-14H,1-9H2/t10-,11-,12-/m1/s1. The first kappa shape index (κ1) is 10.1. The van der Waals surface area contributed by atoms with Gasteiger partial charge in [0, 0.05) is 31.2 Å². The molecule has 0 aromatic carbocycles. The van der Waals surface area contributed by atoms with Crippen LogP contribution >= 0.6 is 0 Å². The lowest BCUT2D eigenvalue weighted by Crippen LogP contribution is -2.65. The Bertz CT molecular complexity index is 211. The fraction of sp³-hybridized carbons (Fsp3) is 1.00. The van der Waals surface area contributed by atoms with Gasteiger partial charge in [-0.15, -0.1) is 0 Å². The molecule has 1 aliphatic carbocycles. The summed E-state index contributed by atoms with van der Waals surface area (Å²) in [4.78, 5) is 2.73. The summed E-state index contributed by atoms with van der Waals surface area (Å²) in [6, 6.07) is 2.29. The lowest BCUT2D eigenvalue weighted by molar-refractivity contribution is 0.109. The molecule has 3 heteroatoms. The Labute approximate surface area is 92.6 Å². The van der Waals surface area contributed by atoms with E-state index in [0.29, 0.717) is 0 Å². The van der Waals surface area contributed by atoms with Gasteiger partial charge in [-0.05, 0) is 38.8 Å². The van der Waals surface area contributed by atoms with E-state index in [2.05, 4.69) is 15.5 Å². The molecule has 2 aliphatic heterocycles. The van der Waals surface area contributed by atoms with Crippen LogP contribution in [0.2, 0.25) is 0 Å². The van der Waals surface area contributed by atoms with Crippen LogP contribution in [0.4, 0.5) is 0 Å². The van der Waals surface area contributed by atoms with Crippen molar-refractivity contribution >= 4 is 0 Å². The third-order valence-electron chi connectivity index (χ3n) is 4.38. The van der Waals surface area contributed by atoms with Gasteiger partial charge in [0.05, 0.1) is 0 Å². The van der Waals surface area contributed by atoms with Crippen LogP contribution in [0.15, 0.2) is 0 Å². The van der Waals surface area contributed by atoms with Crippen molar-refractivity contribution in [2.45, 2.75) is 50.2 Å². The average molecular weight is 209 g/mol. The molecule has 3 rings (SSSR count). The van der Waals surface area contributed by atoms with Gasteiger partial charge in [0.1, 0.15) is 0 Å². The SMILES string of the molecule is C1C[C@@H](N2CCCC2)[C@@H]2NCCN[C@@H]2C1. The summed E-state index contributed by atoms with van der Waals surface area (Å²) in [7, 11) is 0. The minimum absolute atomic E-state index is 0.727. The molecule has 0 spiro atoms. The average Bonchev–Trinajstić information content (AvgIpc) is 2.82. The van der Waals surface area contributed by atoms with Gasteiger partial charge < -0.3 is 10.6 Å². The zero-order chi connectivity index (χ0) is 10.1. The maximum atomic E-state index is 3.74. The molecule has 3 nitrogen and oxygen atoms in total. The highest BCUT2D eigenvalue weighted by molar-refractivity contribution is 4.99. The van der Waals surface area contributed by atoms with E-state index < -0.39 is 0 Å². The highest BCUT2D eigenvalue weighted by Gasteiger charge is 2.38. The van der Waals surface area contributed by atoms with E-state index in [1.807, 2.05) is 0 Å². The van der Waals surface area contributed by atoms with Crippen molar-refractivity contribution in [2.75, 3.05) is 26.2 Å². The second-order valence-corrected chi connectivity index (χ2v) is 5.28. The van der Waals surface area contributed by atoms with Crippen molar-refractivity contribution in [3.05, 3.63) is 0 Å². The second kappa shape index (κ2) is 4.40. The third-order valence-corrected chi connectivity index (χ3v) is 4.38. The van der Waals surface area contributed by atoms with Crippen molar-refractivity contribution in [1.82, 2.24) is 15.5 Å². The van der Waals surface area contributed by atoms with Crippen LogP contribution in [0.1, 0.15) is 32.1 Å². The van der Waals surface area contributed by atoms with E-state index in [1.54, 1.807) is 0 Å². The first-order valence-corrected chi connectivity index (χ1v) is 6.66. The van der Waals surface area contributed by atoms with Gasteiger partial charge in [0.15, 0.2) is 0 Å². The molecule has 3 fully saturated rings. The molecule has 2 N–H and O–H groups in total. The minimum Gasteiger partial charge on any atom is -0.311 e. The van der Waals surface area contributed by atoms with Gasteiger partial charge in [-0.3, -0.25) is 4.90 Å². The number of hydrogen-bond acceptors (Lipinski definition) is 3. The largest absolute Gasteiger partial charge is 0.311 e. The maximum Gasteiger partial charge on any atom is 0.0378 e. The number of nitrogens with one attached hydrogen (secondary N) is 2. The van der Waals surface area contributed by atoms with Crippen LogP contribution in [0.5, 0.6) is 0 Å². The van der Waals surface area contributed by atoms with Crippen molar-refractivity contribution < 1.29 is 0 Å². The predicted molar refractivity (Wildman–Crippen MR) is 62.0 cm³/mol. The Hall–Kier alpha value is -0.120. The molecule has 0 unspecified atom stereocenters. The van der Waals surface area contributed by atoms with Gasteiger partial charge in [-0.2, -0.15) is 0 Å². The molecular formula is C12H23N3. The van der Waals surface area contributed by atoms with Crippen LogP contribution in [0.25, 0.3) is 0 Å². The van der Waals surface area contributed by atoms with Crippen molar-refractivity contribution in [2.24, 2.45) is 0 Å². The molecule has 1 saturated carbocycles. The zero-order valence-corrected chi connectivity index (χ0v) is 9.54. The number of piperazine rings is 1.